The Morgan fingerprint density at radius 3 is 2.15 bits per heavy atom. The van der Waals surface area contributed by atoms with Crippen LogP contribution in [0.3, 0.4) is 0 Å². The van der Waals surface area contributed by atoms with E-state index in [9.17, 15) is 14.0 Å². The molecular weight excluding hydrogens is 333 g/mol. The van der Waals surface area contributed by atoms with E-state index in [1.54, 1.807) is 24.0 Å². The van der Waals surface area contributed by atoms with Crippen molar-refractivity contribution in [1.82, 2.24) is 10.2 Å². The number of anilines is 1. The maximum Gasteiger partial charge on any atom is 0.317 e. The normalized spacial score (nSPS) is 14.2. The van der Waals surface area contributed by atoms with E-state index in [0.717, 1.165) is 24.3 Å². The number of nitrogens with one attached hydrogen (secondary N) is 1. The van der Waals surface area contributed by atoms with E-state index >= 15 is 0 Å². The number of amides is 2. The number of benzene rings is 2. The van der Waals surface area contributed by atoms with Gasteiger partial charge in [0.25, 0.3) is 0 Å². The fourth-order valence-electron chi connectivity index (χ4n) is 2.97. The summed E-state index contributed by atoms with van der Waals surface area (Å²) in [5, 5.41) is 2.87. The first-order chi connectivity index (χ1) is 12.5. The molecule has 0 atom stereocenters. The van der Waals surface area contributed by atoms with Crippen molar-refractivity contribution in [2.45, 2.75) is 13.5 Å². The Bertz CT molecular complexity index is 767. The molecule has 1 saturated heterocycles. The standard InChI is InChI=1S/C20H22FN3O2/c1-15(25)17-4-8-19(9-5-17)23-10-12-24(13-11-23)20(26)22-14-16-2-6-18(21)7-3-16/h2-9H,10-14H2,1H3,(H,22,26). The fourth-order valence-corrected chi connectivity index (χ4v) is 2.97. The average molecular weight is 355 g/mol. The van der Waals surface area contributed by atoms with Gasteiger partial charge in [0.05, 0.1) is 0 Å². The number of halogens is 1. The lowest BCUT2D eigenvalue weighted by Crippen LogP contribution is -2.51. The third kappa shape index (κ3) is 4.39. The number of ketones is 1. The molecule has 2 amide bonds. The number of urea groups is 1. The zero-order valence-corrected chi connectivity index (χ0v) is 14.7. The van der Waals surface area contributed by atoms with Crippen LogP contribution in [0.15, 0.2) is 48.5 Å². The zero-order valence-electron chi connectivity index (χ0n) is 14.7. The van der Waals surface area contributed by atoms with Crippen LogP contribution in [-0.4, -0.2) is 42.9 Å². The zero-order chi connectivity index (χ0) is 18.5. The van der Waals surface area contributed by atoms with Crippen LogP contribution in [0.1, 0.15) is 22.8 Å². The second-order valence-electron chi connectivity index (χ2n) is 6.36. The summed E-state index contributed by atoms with van der Waals surface area (Å²) in [7, 11) is 0. The Morgan fingerprint density at radius 2 is 1.58 bits per heavy atom. The highest BCUT2D eigenvalue weighted by molar-refractivity contribution is 5.94. The number of hydrogen-bond donors (Lipinski definition) is 1. The molecule has 0 bridgehead atoms. The molecule has 6 heteroatoms. The number of Topliss-reactive ketones (excluding diaryl/α,β-unsaturated/α-hetero) is 1. The first-order valence-electron chi connectivity index (χ1n) is 8.66. The van der Waals surface area contributed by atoms with E-state index in [-0.39, 0.29) is 17.6 Å². The number of hydrogen-bond acceptors (Lipinski definition) is 3. The summed E-state index contributed by atoms with van der Waals surface area (Å²) in [5.41, 5.74) is 2.62. The highest BCUT2D eigenvalue weighted by Gasteiger charge is 2.21. The topological polar surface area (TPSA) is 52.7 Å². The lowest BCUT2D eigenvalue weighted by atomic mass is 10.1. The summed E-state index contributed by atoms with van der Waals surface area (Å²) in [6.45, 7) is 4.67. The van der Waals surface area contributed by atoms with E-state index in [2.05, 4.69) is 10.2 Å². The fraction of sp³-hybridized carbons (Fsp3) is 0.300. The van der Waals surface area contributed by atoms with Crippen LogP contribution in [0.4, 0.5) is 14.9 Å². The van der Waals surface area contributed by atoms with Crippen LogP contribution in [0.25, 0.3) is 0 Å². The minimum atomic E-state index is -0.285. The van der Waals surface area contributed by atoms with Crippen LogP contribution in [-0.2, 0) is 6.54 Å². The highest BCUT2D eigenvalue weighted by atomic mass is 19.1. The van der Waals surface area contributed by atoms with Gasteiger partial charge in [-0.1, -0.05) is 12.1 Å². The lowest BCUT2D eigenvalue weighted by molar-refractivity contribution is 0.101. The van der Waals surface area contributed by atoms with Crippen LogP contribution in [0, 0.1) is 5.82 Å². The summed E-state index contributed by atoms with van der Waals surface area (Å²) in [6.07, 6.45) is 0. The molecule has 0 aliphatic carbocycles. The minimum Gasteiger partial charge on any atom is -0.368 e. The largest absolute Gasteiger partial charge is 0.368 e. The Morgan fingerprint density at radius 1 is 0.962 bits per heavy atom. The first kappa shape index (κ1) is 17.9. The summed E-state index contributed by atoms with van der Waals surface area (Å²) in [5.74, 6) is -0.230. The van der Waals surface area contributed by atoms with Crippen molar-refractivity contribution < 1.29 is 14.0 Å². The molecule has 0 radical (unpaired) electrons. The number of rotatable bonds is 4. The van der Waals surface area contributed by atoms with E-state index in [4.69, 9.17) is 0 Å². The van der Waals surface area contributed by atoms with Crippen molar-refractivity contribution in [2.24, 2.45) is 0 Å². The van der Waals surface area contributed by atoms with Gasteiger partial charge in [0.2, 0.25) is 0 Å². The van der Waals surface area contributed by atoms with Crippen molar-refractivity contribution in [3.8, 4) is 0 Å². The van der Waals surface area contributed by atoms with Crippen LogP contribution >= 0.6 is 0 Å². The summed E-state index contributed by atoms with van der Waals surface area (Å²) in [6, 6.07) is 13.5. The third-order valence-corrected chi connectivity index (χ3v) is 4.56. The first-order valence-corrected chi connectivity index (χ1v) is 8.66. The molecule has 5 nitrogen and oxygen atoms in total. The lowest BCUT2D eigenvalue weighted by Gasteiger charge is -2.36. The second-order valence-corrected chi connectivity index (χ2v) is 6.36. The number of carbonyl (C=O) groups is 2. The van der Waals surface area contributed by atoms with Crippen LogP contribution in [0.2, 0.25) is 0 Å². The van der Waals surface area contributed by atoms with Gasteiger partial charge in [0.15, 0.2) is 5.78 Å². The van der Waals surface area contributed by atoms with Gasteiger partial charge in [0, 0.05) is 44.0 Å². The van der Waals surface area contributed by atoms with Crippen molar-refractivity contribution in [2.75, 3.05) is 31.1 Å². The molecule has 0 unspecified atom stereocenters. The Balaban J connectivity index is 1.48. The Labute approximate surface area is 152 Å². The number of nitrogens with zero attached hydrogens (tertiary/aromatic N) is 2. The van der Waals surface area contributed by atoms with E-state index in [1.165, 1.54) is 12.1 Å². The van der Waals surface area contributed by atoms with Crippen molar-refractivity contribution in [1.29, 1.82) is 0 Å². The van der Waals surface area contributed by atoms with Gasteiger partial charge in [-0.2, -0.15) is 0 Å². The van der Waals surface area contributed by atoms with Gasteiger partial charge in [0.1, 0.15) is 5.82 Å². The highest BCUT2D eigenvalue weighted by Crippen LogP contribution is 2.17. The van der Waals surface area contributed by atoms with Crippen molar-refractivity contribution in [3.63, 3.8) is 0 Å². The van der Waals surface area contributed by atoms with Crippen molar-refractivity contribution in [3.05, 3.63) is 65.5 Å². The molecule has 1 aliphatic rings. The molecule has 1 N–H and O–H groups in total. The van der Waals surface area contributed by atoms with Gasteiger partial charge in [-0.25, -0.2) is 9.18 Å². The molecule has 1 aliphatic heterocycles. The summed E-state index contributed by atoms with van der Waals surface area (Å²) < 4.78 is 12.9. The van der Waals surface area contributed by atoms with E-state index in [0.29, 0.717) is 25.2 Å². The predicted octanol–water partition coefficient (Wildman–Crippen LogP) is 3.06. The molecule has 3 rings (SSSR count). The Kier molecular flexibility index (Phi) is 5.51. The molecule has 2 aromatic rings. The molecule has 0 spiro atoms. The molecule has 26 heavy (non-hydrogen) atoms. The van der Waals surface area contributed by atoms with Gasteiger partial charge in [-0.05, 0) is 48.9 Å². The van der Waals surface area contributed by atoms with E-state index < -0.39 is 0 Å². The number of carbonyl (C=O) groups excluding carboxylic acids is 2. The monoisotopic (exact) mass is 355 g/mol. The van der Waals surface area contributed by atoms with Crippen molar-refractivity contribution >= 4 is 17.5 Å². The maximum atomic E-state index is 12.9. The molecule has 136 valence electrons. The minimum absolute atomic E-state index is 0.0548. The van der Waals surface area contributed by atoms with Crippen LogP contribution in [0.5, 0.6) is 0 Å². The molecule has 1 fully saturated rings. The Hall–Kier alpha value is -2.89. The summed E-state index contributed by atoms with van der Waals surface area (Å²) in [4.78, 5) is 27.6. The molecular formula is C20H22FN3O2. The molecule has 0 aromatic heterocycles. The molecule has 0 saturated carbocycles. The third-order valence-electron chi connectivity index (χ3n) is 4.56. The number of piperazine rings is 1. The molecule has 2 aromatic carbocycles. The van der Waals surface area contributed by atoms with Gasteiger partial charge in [-0.3, -0.25) is 4.79 Å². The van der Waals surface area contributed by atoms with E-state index in [1.807, 2.05) is 24.3 Å². The predicted molar refractivity (Wildman–Crippen MR) is 98.9 cm³/mol. The van der Waals surface area contributed by atoms with Crippen LogP contribution < -0.4 is 10.2 Å². The van der Waals surface area contributed by atoms with Gasteiger partial charge >= 0.3 is 6.03 Å². The smallest absolute Gasteiger partial charge is 0.317 e. The van der Waals surface area contributed by atoms with Gasteiger partial charge < -0.3 is 15.1 Å². The van der Waals surface area contributed by atoms with Gasteiger partial charge in [-0.15, -0.1) is 0 Å². The maximum absolute atomic E-state index is 12.9. The summed E-state index contributed by atoms with van der Waals surface area (Å²) >= 11 is 0. The second kappa shape index (κ2) is 7.99. The quantitative estimate of drug-likeness (QED) is 0.858. The average Bonchev–Trinajstić information content (AvgIpc) is 2.67. The molecule has 1 heterocycles. The SMILES string of the molecule is CC(=O)c1ccc(N2CCN(C(=O)NCc3ccc(F)cc3)CC2)cc1.